The number of rotatable bonds is 1. The van der Waals surface area contributed by atoms with E-state index < -0.39 is 38.5 Å². The Hall–Kier alpha value is -0.640. The van der Waals surface area contributed by atoms with Crippen molar-refractivity contribution >= 4 is 28.2 Å². The molecule has 1 heterocycles. The van der Waals surface area contributed by atoms with Gasteiger partial charge >= 0.3 is 11.7 Å². The second kappa shape index (κ2) is 3.74. The van der Waals surface area contributed by atoms with Gasteiger partial charge in [0.15, 0.2) is 10.8 Å². The smallest absolute Gasteiger partial charge is 0.375 e. The van der Waals surface area contributed by atoms with Crippen LogP contribution in [0.15, 0.2) is 4.21 Å². The zero-order valence-corrected chi connectivity index (χ0v) is 8.24. The predicted molar refractivity (Wildman–Crippen MR) is 43.4 cm³/mol. The SMILES string of the molecule is Nc1nc(C(F)(F)F)c(SC(F)(F)F)s1. The van der Waals surface area contributed by atoms with Crippen molar-refractivity contribution in [2.24, 2.45) is 0 Å². The molecule has 0 aliphatic heterocycles. The maximum Gasteiger partial charge on any atom is 0.447 e. The summed E-state index contributed by atoms with van der Waals surface area (Å²) >= 11 is -0.711. The molecule has 0 saturated carbocycles. The summed E-state index contributed by atoms with van der Waals surface area (Å²) in [7, 11) is 0. The van der Waals surface area contributed by atoms with E-state index in [4.69, 9.17) is 5.73 Å². The van der Waals surface area contributed by atoms with Gasteiger partial charge in [0.05, 0.1) is 0 Å². The number of nitrogens with zero attached hydrogens (tertiary/aromatic N) is 1. The molecule has 2 N–H and O–H groups in total. The van der Waals surface area contributed by atoms with E-state index in [-0.39, 0.29) is 11.3 Å². The van der Waals surface area contributed by atoms with Crippen molar-refractivity contribution in [1.82, 2.24) is 4.98 Å². The van der Waals surface area contributed by atoms with Crippen molar-refractivity contribution in [3.8, 4) is 0 Å². The van der Waals surface area contributed by atoms with Crippen LogP contribution in [0.25, 0.3) is 0 Å². The van der Waals surface area contributed by atoms with Crippen molar-refractivity contribution in [2.45, 2.75) is 15.9 Å². The minimum atomic E-state index is -4.93. The first kappa shape index (κ1) is 12.4. The van der Waals surface area contributed by atoms with Gasteiger partial charge in [-0.15, -0.1) is 0 Å². The summed E-state index contributed by atoms with van der Waals surface area (Å²) in [6.45, 7) is 0. The number of nitrogens with two attached hydrogens (primary N) is 1. The van der Waals surface area contributed by atoms with Crippen LogP contribution in [0.4, 0.5) is 31.5 Å². The Morgan fingerprint density at radius 2 is 1.67 bits per heavy atom. The van der Waals surface area contributed by atoms with Gasteiger partial charge in [-0.1, -0.05) is 11.3 Å². The van der Waals surface area contributed by atoms with Gasteiger partial charge in [-0.3, -0.25) is 0 Å². The molecule has 0 radical (unpaired) electrons. The first-order valence-corrected chi connectivity index (χ1v) is 4.82. The van der Waals surface area contributed by atoms with Gasteiger partial charge in [-0.2, -0.15) is 26.3 Å². The Morgan fingerprint density at radius 3 is 2.07 bits per heavy atom. The molecule has 0 spiro atoms. The Kier molecular flexibility index (Phi) is 3.10. The molecule has 0 aliphatic carbocycles. The molecule has 15 heavy (non-hydrogen) atoms. The standard InChI is InChI=1S/C5H2F6N2S2/c6-4(7,8)1-2(14-3(12)13-1)15-5(9,10)11/h(H2,12,13). The summed E-state index contributed by atoms with van der Waals surface area (Å²) in [6, 6.07) is 0. The number of nitrogen functional groups attached to an aromatic ring is 1. The molecule has 1 aromatic heterocycles. The summed E-state index contributed by atoms with van der Waals surface area (Å²) in [5.74, 6) is 0. The number of hydrogen-bond donors (Lipinski definition) is 1. The van der Waals surface area contributed by atoms with Crippen molar-refractivity contribution in [3.63, 3.8) is 0 Å². The van der Waals surface area contributed by atoms with E-state index in [1.165, 1.54) is 0 Å². The zero-order valence-electron chi connectivity index (χ0n) is 6.61. The van der Waals surface area contributed by atoms with Gasteiger partial charge in [-0.25, -0.2) is 4.98 Å². The molecule has 0 aliphatic rings. The first-order chi connectivity index (χ1) is 6.59. The number of thiazole rings is 1. The Bertz CT molecular complexity index is 353. The summed E-state index contributed by atoms with van der Waals surface area (Å²) in [6.07, 6.45) is -4.93. The minimum absolute atomic E-state index is 0.158. The van der Waals surface area contributed by atoms with Crippen molar-refractivity contribution < 1.29 is 26.3 Å². The van der Waals surface area contributed by atoms with Gasteiger partial charge in [0, 0.05) is 0 Å². The predicted octanol–water partition coefficient (Wildman–Crippen LogP) is 3.36. The molecule has 0 bridgehead atoms. The lowest BCUT2D eigenvalue weighted by Gasteiger charge is -2.07. The van der Waals surface area contributed by atoms with Gasteiger partial charge in [0.1, 0.15) is 4.21 Å². The third-order valence-corrected chi connectivity index (χ3v) is 2.88. The van der Waals surface area contributed by atoms with Gasteiger partial charge in [0.2, 0.25) is 0 Å². The number of anilines is 1. The lowest BCUT2D eigenvalue weighted by molar-refractivity contribution is -0.142. The summed E-state index contributed by atoms with van der Waals surface area (Å²) < 4.78 is 71.0. The number of aromatic nitrogens is 1. The number of halogens is 6. The highest BCUT2D eigenvalue weighted by Gasteiger charge is 2.41. The Balaban J connectivity index is 3.08. The molecular formula is C5H2F6N2S2. The maximum absolute atomic E-state index is 12.1. The quantitative estimate of drug-likeness (QED) is 0.627. The van der Waals surface area contributed by atoms with Crippen molar-refractivity contribution in [3.05, 3.63) is 5.69 Å². The molecular weight excluding hydrogens is 266 g/mol. The number of thioether (sulfide) groups is 1. The first-order valence-electron chi connectivity index (χ1n) is 3.19. The van der Waals surface area contributed by atoms with Crippen LogP contribution in [-0.2, 0) is 6.18 Å². The van der Waals surface area contributed by atoms with Crippen molar-refractivity contribution in [2.75, 3.05) is 5.73 Å². The molecule has 1 rings (SSSR count). The normalized spacial score (nSPS) is 13.2. The molecule has 0 amide bonds. The average molecular weight is 268 g/mol. The lowest BCUT2D eigenvalue weighted by atomic mass is 10.5. The van der Waals surface area contributed by atoms with Crippen molar-refractivity contribution in [1.29, 1.82) is 0 Å². The highest BCUT2D eigenvalue weighted by molar-refractivity contribution is 8.02. The van der Waals surface area contributed by atoms with E-state index in [0.29, 0.717) is 0 Å². The highest BCUT2D eigenvalue weighted by atomic mass is 32.2. The molecule has 2 nitrogen and oxygen atoms in total. The van der Waals surface area contributed by atoms with E-state index in [1.807, 2.05) is 0 Å². The summed E-state index contributed by atoms with van der Waals surface area (Å²) in [4.78, 5) is 2.82. The van der Waals surface area contributed by atoms with Gasteiger partial charge in [0.25, 0.3) is 0 Å². The fraction of sp³-hybridized carbons (Fsp3) is 0.400. The van der Waals surface area contributed by atoms with Crippen LogP contribution in [0.5, 0.6) is 0 Å². The molecule has 0 aromatic carbocycles. The number of hydrogen-bond acceptors (Lipinski definition) is 4. The topological polar surface area (TPSA) is 38.9 Å². The second-order valence-corrected chi connectivity index (χ2v) is 4.60. The molecule has 1 aromatic rings. The fourth-order valence-corrected chi connectivity index (χ4v) is 2.43. The van der Waals surface area contributed by atoms with E-state index in [9.17, 15) is 26.3 Å². The van der Waals surface area contributed by atoms with E-state index in [1.54, 1.807) is 0 Å². The van der Waals surface area contributed by atoms with Gasteiger partial charge in [-0.05, 0) is 11.8 Å². The summed E-state index contributed by atoms with van der Waals surface area (Å²) in [5.41, 5.74) is -1.46. The minimum Gasteiger partial charge on any atom is -0.375 e. The van der Waals surface area contributed by atoms with Crippen LogP contribution in [0, 0.1) is 0 Å². The largest absolute Gasteiger partial charge is 0.447 e. The van der Waals surface area contributed by atoms with Crippen LogP contribution in [-0.4, -0.2) is 10.5 Å². The third-order valence-electron chi connectivity index (χ3n) is 1.09. The third kappa shape index (κ3) is 3.45. The average Bonchev–Trinajstić information content (AvgIpc) is 2.25. The lowest BCUT2D eigenvalue weighted by Crippen LogP contribution is -2.09. The Morgan fingerprint density at radius 1 is 1.13 bits per heavy atom. The van der Waals surface area contributed by atoms with E-state index in [2.05, 4.69) is 4.98 Å². The second-order valence-electron chi connectivity index (χ2n) is 2.23. The molecule has 0 fully saturated rings. The zero-order chi connectivity index (χ0) is 11.9. The molecule has 0 unspecified atom stereocenters. The van der Waals surface area contributed by atoms with Crippen LogP contribution < -0.4 is 5.73 Å². The fourth-order valence-electron chi connectivity index (χ4n) is 0.675. The van der Waals surface area contributed by atoms with Crippen LogP contribution in [0.3, 0.4) is 0 Å². The Labute approximate surface area is 87.5 Å². The molecule has 10 heteroatoms. The molecule has 0 atom stereocenters. The number of alkyl halides is 6. The van der Waals surface area contributed by atoms with Crippen LogP contribution in [0.2, 0.25) is 0 Å². The van der Waals surface area contributed by atoms with Gasteiger partial charge < -0.3 is 5.73 Å². The van der Waals surface area contributed by atoms with E-state index in [0.717, 1.165) is 0 Å². The van der Waals surface area contributed by atoms with E-state index >= 15 is 0 Å². The highest BCUT2D eigenvalue weighted by Crippen LogP contribution is 2.46. The summed E-state index contributed by atoms with van der Waals surface area (Å²) in [5, 5.41) is -0.547. The van der Waals surface area contributed by atoms with Crippen LogP contribution >= 0.6 is 23.1 Å². The monoisotopic (exact) mass is 268 g/mol. The molecule has 86 valence electrons. The van der Waals surface area contributed by atoms with Crippen LogP contribution in [0.1, 0.15) is 5.69 Å². The molecule has 0 saturated heterocycles. The maximum atomic E-state index is 12.1.